The Balaban J connectivity index is 1.27. The summed E-state index contributed by atoms with van der Waals surface area (Å²) in [5, 5.41) is 13.3. The average molecular weight is 431 g/mol. The lowest BCUT2D eigenvalue weighted by Crippen LogP contribution is -2.39. The number of hydrogen-bond donors (Lipinski definition) is 0. The summed E-state index contributed by atoms with van der Waals surface area (Å²) in [6, 6.07) is 5.88. The second-order valence-electron chi connectivity index (χ2n) is 7.86. The number of alkyl halides is 3. The highest BCUT2D eigenvalue weighted by Crippen LogP contribution is 2.30. The van der Waals surface area contributed by atoms with Crippen LogP contribution in [0.25, 0.3) is 5.65 Å². The molecule has 2 saturated heterocycles. The van der Waals surface area contributed by atoms with Crippen LogP contribution in [0.5, 0.6) is 0 Å². The zero-order valence-corrected chi connectivity index (χ0v) is 16.6. The first-order valence-corrected chi connectivity index (χ1v) is 10.2. The van der Waals surface area contributed by atoms with Crippen LogP contribution >= 0.6 is 0 Å². The predicted molar refractivity (Wildman–Crippen MR) is 105 cm³/mol. The second kappa shape index (κ2) is 7.47. The third-order valence-electron chi connectivity index (χ3n) is 5.90. The number of rotatable bonds is 3. The Labute approximate surface area is 175 Å². The molecule has 31 heavy (non-hydrogen) atoms. The summed E-state index contributed by atoms with van der Waals surface area (Å²) < 4.78 is 39.8. The molecule has 5 heterocycles. The van der Waals surface area contributed by atoms with Gasteiger partial charge in [-0.2, -0.15) is 17.7 Å². The number of pyridine rings is 1. The van der Waals surface area contributed by atoms with E-state index in [0.717, 1.165) is 43.4 Å². The highest BCUT2D eigenvalue weighted by molar-refractivity contribution is 5.94. The van der Waals surface area contributed by atoms with Crippen molar-refractivity contribution in [3.63, 3.8) is 0 Å². The summed E-state index contributed by atoms with van der Waals surface area (Å²) in [5.41, 5.74) is -0.166. The minimum Gasteiger partial charge on any atom is -0.355 e. The molecule has 0 N–H and O–H groups in total. The molecule has 3 aromatic heterocycles. The van der Waals surface area contributed by atoms with Gasteiger partial charge in [-0.1, -0.05) is 0 Å². The number of aromatic nitrogens is 5. The Morgan fingerprint density at radius 1 is 1.00 bits per heavy atom. The molecule has 0 unspecified atom stereocenters. The van der Waals surface area contributed by atoms with Gasteiger partial charge >= 0.3 is 6.18 Å². The van der Waals surface area contributed by atoms with Crippen molar-refractivity contribution in [3.05, 3.63) is 47.5 Å². The topological polar surface area (TPSA) is 79.5 Å². The molecule has 0 saturated carbocycles. The molecule has 3 aromatic rings. The fraction of sp³-hybridized carbons (Fsp3) is 0.450. The number of piperidine rings is 1. The van der Waals surface area contributed by atoms with Crippen molar-refractivity contribution in [1.29, 1.82) is 0 Å². The number of anilines is 1. The Bertz CT molecular complexity index is 1100. The van der Waals surface area contributed by atoms with Crippen molar-refractivity contribution in [1.82, 2.24) is 29.7 Å². The molecule has 2 aliphatic rings. The third-order valence-corrected chi connectivity index (χ3v) is 5.90. The highest BCUT2D eigenvalue weighted by Gasteiger charge is 2.33. The van der Waals surface area contributed by atoms with Crippen molar-refractivity contribution in [2.75, 3.05) is 31.1 Å². The first kappa shape index (κ1) is 19.7. The lowest BCUT2D eigenvalue weighted by atomic mass is 9.95. The Morgan fingerprint density at radius 3 is 2.39 bits per heavy atom. The molecule has 5 rings (SSSR count). The maximum atomic E-state index is 12.7. The summed E-state index contributed by atoms with van der Waals surface area (Å²) in [6.45, 7) is 2.95. The number of fused-ring (bicyclic) bond motifs is 1. The molecule has 0 aromatic carbocycles. The zero-order chi connectivity index (χ0) is 21.6. The van der Waals surface area contributed by atoms with Crippen LogP contribution in [-0.2, 0) is 6.18 Å². The van der Waals surface area contributed by atoms with E-state index in [4.69, 9.17) is 5.10 Å². The van der Waals surface area contributed by atoms with Gasteiger partial charge in [0.1, 0.15) is 11.5 Å². The van der Waals surface area contributed by atoms with E-state index in [1.807, 2.05) is 12.1 Å². The van der Waals surface area contributed by atoms with Crippen LogP contribution < -0.4 is 4.90 Å². The van der Waals surface area contributed by atoms with Gasteiger partial charge in [-0.05, 0) is 43.5 Å². The molecule has 0 atom stereocenters. The van der Waals surface area contributed by atoms with Gasteiger partial charge in [0.2, 0.25) is 0 Å². The van der Waals surface area contributed by atoms with Crippen LogP contribution in [0.4, 0.5) is 19.0 Å². The van der Waals surface area contributed by atoms with Gasteiger partial charge in [0.25, 0.3) is 5.91 Å². The fourth-order valence-electron chi connectivity index (χ4n) is 3.98. The first-order valence-electron chi connectivity index (χ1n) is 10.2. The predicted octanol–water partition coefficient (Wildman–Crippen LogP) is 2.77. The molecule has 0 bridgehead atoms. The van der Waals surface area contributed by atoms with E-state index in [1.54, 1.807) is 9.42 Å². The molecule has 11 heteroatoms. The maximum Gasteiger partial charge on any atom is 0.433 e. The highest BCUT2D eigenvalue weighted by atomic mass is 19.4. The molecule has 2 aliphatic heterocycles. The Morgan fingerprint density at radius 2 is 1.77 bits per heavy atom. The van der Waals surface area contributed by atoms with Crippen molar-refractivity contribution >= 4 is 17.4 Å². The minimum absolute atomic E-state index is 0.101. The molecule has 2 fully saturated rings. The van der Waals surface area contributed by atoms with Gasteiger partial charge < -0.3 is 9.80 Å². The number of likely N-dealkylation sites (tertiary alicyclic amines) is 1. The summed E-state index contributed by atoms with van der Waals surface area (Å²) >= 11 is 0. The number of hydrogen-bond acceptors (Lipinski definition) is 6. The van der Waals surface area contributed by atoms with Crippen LogP contribution in [0.15, 0.2) is 30.5 Å². The third kappa shape index (κ3) is 3.68. The van der Waals surface area contributed by atoms with Crippen LogP contribution in [-0.4, -0.2) is 61.8 Å². The van der Waals surface area contributed by atoms with Crippen molar-refractivity contribution in [3.8, 4) is 0 Å². The first-order chi connectivity index (χ1) is 14.9. The molecule has 162 valence electrons. The number of carbonyl (C=O) groups is 1. The zero-order valence-electron chi connectivity index (χ0n) is 16.6. The Kier molecular flexibility index (Phi) is 4.75. The lowest BCUT2D eigenvalue weighted by Gasteiger charge is -2.32. The van der Waals surface area contributed by atoms with E-state index in [0.29, 0.717) is 31.6 Å². The monoisotopic (exact) mass is 431 g/mol. The SMILES string of the molecule is O=C(c1ccc(C(F)(F)F)nc1)N1CCC(c2nnc3ccc(N4CCC4)nn23)CC1. The van der Waals surface area contributed by atoms with Gasteiger partial charge in [-0.25, -0.2) is 0 Å². The summed E-state index contributed by atoms with van der Waals surface area (Å²) in [4.78, 5) is 19.9. The van der Waals surface area contributed by atoms with Gasteiger partial charge in [0, 0.05) is 38.3 Å². The maximum absolute atomic E-state index is 12.7. The minimum atomic E-state index is -4.52. The van der Waals surface area contributed by atoms with E-state index in [9.17, 15) is 18.0 Å². The van der Waals surface area contributed by atoms with Crippen molar-refractivity contribution < 1.29 is 18.0 Å². The standard InChI is InChI=1S/C20H20F3N7O/c21-20(22,23)15-3-2-14(12-24-15)19(31)29-10-6-13(7-11-29)18-26-25-16-4-5-17(27-30(16)18)28-8-1-9-28/h2-5,12-13H,1,6-11H2. The van der Waals surface area contributed by atoms with Crippen LogP contribution in [0.1, 0.15) is 47.1 Å². The quantitative estimate of drug-likeness (QED) is 0.635. The van der Waals surface area contributed by atoms with E-state index in [-0.39, 0.29) is 17.4 Å². The number of nitrogens with zero attached hydrogens (tertiary/aromatic N) is 7. The summed E-state index contributed by atoms with van der Waals surface area (Å²) in [7, 11) is 0. The molecule has 0 spiro atoms. The smallest absolute Gasteiger partial charge is 0.355 e. The van der Waals surface area contributed by atoms with Gasteiger partial charge in [0.15, 0.2) is 11.5 Å². The Hall–Kier alpha value is -3.24. The van der Waals surface area contributed by atoms with E-state index in [2.05, 4.69) is 20.1 Å². The average Bonchev–Trinajstić information content (AvgIpc) is 3.15. The molecule has 8 nitrogen and oxygen atoms in total. The molecule has 0 aliphatic carbocycles. The van der Waals surface area contributed by atoms with E-state index >= 15 is 0 Å². The van der Waals surface area contributed by atoms with Crippen LogP contribution in [0.2, 0.25) is 0 Å². The normalized spacial score (nSPS) is 17.8. The summed E-state index contributed by atoms with van der Waals surface area (Å²) in [6.07, 6.45) is -1.02. The van der Waals surface area contributed by atoms with Gasteiger partial charge in [0.05, 0.1) is 5.56 Å². The molecular weight excluding hydrogens is 411 g/mol. The van der Waals surface area contributed by atoms with Crippen LogP contribution in [0.3, 0.4) is 0 Å². The fourth-order valence-corrected chi connectivity index (χ4v) is 3.98. The van der Waals surface area contributed by atoms with Gasteiger partial charge in [-0.3, -0.25) is 9.78 Å². The van der Waals surface area contributed by atoms with Crippen molar-refractivity contribution in [2.24, 2.45) is 0 Å². The number of carbonyl (C=O) groups excluding carboxylic acids is 1. The molecular formula is C20H20F3N7O. The van der Waals surface area contributed by atoms with Crippen molar-refractivity contribution in [2.45, 2.75) is 31.4 Å². The summed E-state index contributed by atoms with van der Waals surface area (Å²) in [5.74, 6) is 1.47. The largest absolute Gasteiger partial charge is 0.433 e. The van der Waals surface area contributed by atoms with Gasteiger partial charge in [-0.15, -0.1) is 15.3 Å². The van der Waals surface area contributed by atoms with E-state index in [1.165, 1.54) is 6.07 Å². The number of amides is 1. The number of halogens is 3. The molecule has 1 amide bonds. The van der Waals surface area contributed by atoms with Crippen LogP contribution in [0, 0.1) is 0 Å². The van der Waals surface area contributed by atoms with E-state index < -0.39 is 11.9 Å². The molecule has 0 radical (unpaired) electrons. The second-order valence-corrected chi connectivity index (χ2v) is 7.86. The lowest BCUT2D eigenvalue weighted by molar-refractivity contribution is -0.141.